The molecule has 1 aromatic heterocycles. The molecule has 0 radical (unpaired) electrons. The van der Waals surface area contributed by atoms with Crippen molar-refractivity contribution in [2.75, 3.05) is 14.2 Å². The highest BCUT2D eigenvalue weighted by Gasteiger charge is 2.11. The normalized spacial score (nSPS) is 10.6. The van der Waals surface area contributed by atoms with Gasteiger partial charge in [-0.2, -0.15) is 0 Å². The van der Waals surface area contributed by atoms with Crippen LogP contribution in [0, 0.1) is 0 Å². The quantitative estimate of drug-likeness (QED) is 0.568. The maximum absolute atomic E-state index is 12.1. The van der Waals surface area contributed by atoms with Crippen LogP contribution < -0.4 is 20.1 Å². The summed E-state index contributed by atoms with van der Waals surface area (Å²) in [7, 11) is 3.16. The van der Waals surface area contributed by atoms with Gasteiger partial charge in [0.05, 0.1) is 20.8 Å². The highest BCUT2D eigenvalue weighted by molar-refractivity contribution is 9.10. The molecule has 2 aromatic carbocycles. The standard InChI is InChI=1S/C19H20BrN3O3/c1-25-17-8-13(15(20)9-18(17)26-2)10-21-19(24)22-11-14-7-12-5-3-4-6-16(12)23-14/h3-9,23H,10-11H2,1-2H3,(H2,21,22,24). The lowest BCUT2D eigenvalue weighted by Gasteiger charge is -2.13. The monoisotopic (exact) mass is 417 g/mol. The molecular formula is C19H20BrN3O3. The molecule has 0 bridgehead atoms. The Morgan fingerprint density at radius 2 is 1.73 bits per heavy atom. The molecule has 3 N–H and O–H groups in total. The molecule has 0 unspecified atom stereocenters. The van der Waals surface area contributed by atoms with Gasteiger partial charge < -0.3 is 25.1 Å². The van der Waals surface area contributed by atoms with E-state index in [-0.39, 0.29) is 6.03 Å². The first-order valence-electron chi connectivity index (χ1n) is 8.09. The summed E-state index contributed by atoms with van der Waals surface area (Å²) in [6, 6.07) is 13.4. The van der Waals surface area contributed by atoms with Crippen molar-refractivity contribution in [3.05, 3.63) is 58.2 Å². The summed E-state index contributed by atoms with van der Waals surface area (Å²) in [5.41, 5.74) is 2.90. The molecule has 0 aliphatic rings. The van der Waals surface area contributed by atoms with E-state index in [1.807, 2.05) is 42.5 Å². The van der Waals surface area contributed by atoms with Gasteiger partial charge in [-0.05, 0) is 35.2 Å². The zero-order valence-corrected chi connectivity index (χ0v) is 16.1. The summed E-state index contributed by atoms with van der Waals surface area (Å²) < 4.78 is 11.4. The zero-order valence-electron chi connectivity index (χ0n) is 14.6. The number of benzene rings is 2. The van der Waals surface area contributed by atoms with Crippen LogP contribution in [0.25, 0.3) is 10.9 Å². The van der Waals surface area contributed by atoms with E-state index >= 15 is 0 Å². The van der Waals surface area contributed by atoms with Crippen molar-refractivity contribution in [2.24, 2.45) is 0 Å². The van der Waals surface area contributed by atoms with E-state index in [1.165, 1.54) is 0 Å². The lowest BCUT2D eigenvalue weighted by Crippen LogP contribution is -2.34. The van der Waals surface area contributed by atoms with Gasteiger partial charge in [0, 0.05) is 22.2 Å². The van der Waals surface area contributed by atoms with Gasteiger partial charge in [0.2, 0.25) is 0 Å². The Morgan fingerprint density at radius 1 is 1.04 bits per heavy atom. The second kappa shape index (κ2) is 8.14. The zero-order chi connectivity index (χ0) is 18.5. The molecule has 3 rings (SSSR count). The van der Waals surface area contributed by atoms with Gasteiger partial charge >= 0.3 is 6.03 Å². The second-order valence-corrected chi connectivity index (χ2v) is 6.57. The van der Waals surface area contributed by atoms with Crippen LogP contribution >= 0.6 is 15.9 Å². The van der Waals surface area contributed by atoms with Gasteiger partial charge in [0.25, 0.3) is 0 Å². The Morgan fingerprint density at radius 3 is 2.46 bits per heavy atom. The third kappa shape index (κ3) is 4.11. The number of aromatic nitrogens is 1. The first-order valence-corrected chi connectivity index (χ1v) is 8.88. The highest BCUT2D eigenvalue weighted by atomic mass is 79.9. The van der Waals surface area contributed by atoms with Crippen LogP contribution in [0.2, 0.25) is 0 Å². The molecule has 26 heavy (non-hydrogen) atoms. The lowest BCUT2D eigenvalue weighted by atomic mass is 10.2. The first-order chi connectivity index (χ1) is 12.6. The van der Waals surface area contributed by atoms with Crippen molar-refractivity contribution in [3.8, 4) is 11.5 Å². The molecule has 0 aliphatic heterocycles. The first kappa shape index (κ1) is 18.1. The topological polar surface area (TPSA) is 75.4 Å². The van der Waals surface area contributed by atoms with Crippen LogP contribution in [0.1, 0.15) is 11.3 Å². The van der Waals surface area contributed by atoms with Crippen LogP contribution in [0.4, 0.5) is 4.79 Å². The molecule has 0 atom stereocenters. The van der Waals surface area contributed by atoms with Crippen molar-refractivity contribution in [3.63, 3.8) is 0 Å². The SMILES string of the molecule is COc1cc(Br)c(CNC(=O)NCc2cc3ccccc3[nH]2)cc1OC. The molecule has 3 aromatic rings. The van der Waals surface area contributed by atoms with Crippen molar-refractivity contribution in [2.45, 2.75) is 13.1 Å². The van der Waals surface area contributed by atoms with Gasteiger partial charge in [0.1, 0.15) is 0 Å². The number of hydrogen-bond donors (Lipinski definition) is 3. The van der Waals surface area contributed by atoms with E-state index in [0.29, 0.717) is 24.6 Å². The van der Waals surface area contributed by atoms with Crippen molar-refractivity contribution < 1.29 is 14.3 Å². The van der Waals surface area contributed by atoms with Crippen molar-refractivity contribution in [1.29, 1.82) is 0 Å². The third-order valence-electron chi connectivity index (χ3n) is 4.02. The summed E-state index contributed by atoms with van der Waals surface area (Å²) in [4.78, 5) is 15.4. The number of hydrogen-bond acceptors (Lipinski definition) is 3. The van der Waals surface area contributed by atoms with E-state index in [0.717, 1.165) is 26.6 Å². The number of halogens is 1. The Hall–Kier alpha value is -2.67. The number of ether oxygens (including phenoxy) is 2. The maximum atomic E-state index is 12.1. The largest absolute Gasteiger partial charge is 0.493 e. The van der Waals surface area contributed by atoms with Gasteiger partial charge in [-0.1, -0.05) is 34.1 Å². The van der Waals surface area contributed by atoms with Crippen LogP contribution in [-0.2, 0) is 13.1 Å². The van der Waals surface area contributed by atoms with Crippen LogP contribution in [-0.4, -0.2) is 25.2 Å². The maximum Gasteiger partial charge on any atom is 0.315 e. The molecule has 0 saturated carbocycles. The minimum atomic E-state index is -0.245. The van der Waals surface area contributed by atoms with E-state index in [1.54, 1.807) is 14.2 Å². The van der Waals surface area contributed by atoms with Crippen LogP contribution in [0.15, 0.2) is 46.9 Å². The van der Waals surface area contributed by atoms with Crippen molar-refractivity contribution >= 4 is 32.9 Å². The number of nitrogens with one attached hydrogen (secondary N) is 3. The molecule has 0 fully saturated rings. The number of urea groups is 1. The molecule has 6 nitrogen and oxygen atoms in total. The molecule has 7 heteroatoms. The Balaban J connectivity index is 1.57. The minimum Gasteiger partial charge on any atom is -0.493 e. The van der Waals surface area contributed by atoms with Gasteiger partial charge in [0.15, 0.2) is 11.5 Å². The lowest BCUT2D eigenvalue weighted by molar-refractivity contribution is 0.240. The number of H-pyrrole nitrogens is 1. The summed E-state index contributed by atoms with van der Waals surface area (Å²) in [6.45, 7) is 0.785. The molecule has 136 valence electrons. The predicted molar refractivity (Wildman–Crippen MR) is 105 cm³/mol. The average Bonchev–Trinajstić information content (AvgIpc) is 3.08. The molecular weight excluding hydrogens is 398 g/mol. The number of fused-ring (bicyclic) bond motifs is 1. The number of carbonyl (C=O) groups is 1. The second-order valence-electron chi connectivity index (χ2n) is 5.72. The molecule has 0 spiro atoms. The van der Waals surface area contributed by atoms with Crippen LogP contribution in [0.5, 0.6) is 11.5 Å². The fourth-order valence-electron chi connectivity index (χ4n) is 2.67. The highest BCUT2D eigenvalue weighted by Crippen LogP contribution is 2.33. The van der Waals surface area contributed by atoms with E-state index < -0.39 is 0 Å². The number of amides is 2. The molecule has 0 aliphatic carbocycles. The van der Waals surface area contributed by atoms with E-state index in [4.69, 9.17) is 9.47 Å². The smallest absolute Gasteiger partial charge is 0.315 e. The third-order valence-corrected chi connectivity index (χ3v) is 4.76. The predicted octanol–water partition coefficient (Wildman–Crippen LogP) is 3.95. The van der Waals surface area contributed by atoms with Crippen molar-refractivity contribution in [1.82, 2.24) is 15.6 Å². The fraction of sp³-hybridized carbons (Fsp3) is 0.211. The number of methoxy groups -OCH3 is 2. The summed E-state index contributed by atoms with van der Waals surface area (Å²) in [5.74, 6) is 1.25. The van der Waals surface area contributed by atoms with Gasteiger partial charge in [-0.25, -0.2) is 4.79 Å². The molecule has 1 heterocycles. The Kier molecular flexibility index (Phi) is 5.68. The molecule has 2 amide bonds. The summed E-state index contributed by atoms with van der Waals surface area (Å²) in [6.07, 6.45) is 0. The summed E-state index contributed by atoms with van der Waals surface area (Å²) >= 11 is 3.48. The van der Waals surface area contributed by atoms with Gasteiger partial charge in [-0.3, -0.25) is 0 Å². The Bertz CT molecular complexity index is 891. The minimum absolute atomic E-state index is 0.245. The number of carbonyl (C=O) groups excluding carboxylic acids is 1. The van der Waals surface area contributed by atoms with Gasteiger partial charge in [-0.15, -0.1) is 0 Å². The Labute approximate surface area is 160 Å². The summed E-state index contributed by atoms with van der Waals surface area (Å²) in [5, 5.41) is 6.81. The molecule has 0 saturated heterocycles. The fourth-order valence-corrected chi connectivity index (χ4v) is 3.14. The van der Waals surface area contributed by atoms with Crippen LogP contribution in [0.3, 0.4) is 0 Å². The number of rotatable bonds is 6. The number of para-hydroxylation sites is 1. The number of aromatic amines is 1. The average molecular weight is 418 g/mol. The van der Waals surface area contributed by atoms with E-state index in [9.17, 15) is 4.79 Å². The van der Waals surface area contributed by atoms with E-state index in [2.05, 4.69) is 31.5 Å².